The first-order valence-electron chi connectivity index (χ1n) is 0.371. The molecule has 0 saturated carbocycles. The van der Waals surface area contributed by atoms with E-state index in [0.717, 1.165) is 0 Å². The van der Waals surface area contributed by atoms with Crippen LogP contribution in [0.15, 0.2) is 0 Å². The Labute approximate surface area is 47.3 Å². The Bertz CT molecular complexity index is 30.6. The SMILES string of the molecule is O=[C]=[Rh].P.P. The predicted molar refractivity (Wildman–Crippen MR) is 27.9 cm³/mol. The van der Waals surface area contributed by atoms with Crippen LogP contribution in [0, 0.1) is 0 Å². The normalized spacial score (nSPS) is 1.80. The summed E-state index contributed by atoms with van der Waals surface area (Å²) in [7, 11) is 0. The van der Waals surface area contributed by atoms with Crippen molar-refractivity contribution in [1.82, 2.24) is 0 Å². The molecule has 5 heavy (non-hydrogen) atoms. The average molecular weight is 199 g/mol. The van der Waals surface area contributed by atoms with E-state index in [0.29, 0.717) is 0 Å². The van der Waals surface area contributed by atoms with E-state index in [2.05, 4.69) is 0 Å². The summed E-state index contributed by atoms with van der Waals surface area (Å²) in [4.78, 5) is 8.63. The van der Waals surface area contributed by atoms with Gasteiger partial charge >= 0.3 is 27.1 Å². The Kier molecular flexibility index (Phi) is 65.1. The minimum atomic E-state index is 0. The van der Waals surface area contributed by atoms with Crippen molar-refractivity contribution in [1.29, 1.82) is 0 Å². The summed E-state index contributed by atoms with van der Waals surface area (Å²) in [6.07, 6.45) is 0. The fraction of sp³-hybridized carbons (Fsp3) is 0. The molecule has 0 radical (unpaired) electrons. The molecule has 0 bridgehead atoms. The molecule has 0 N–H and O–H groups in total. The van der Waals surface area contributed by atoms with E-state index >= 15 is 0 Å². The van der Waals surface area contributed by atoms with Crippen LogP contribution in [0.25, 0.3) is 0 Å². The van der Waals surface area contributed by atoms with E-state index < -0.39 is 0 Å². The quantitative estimate of drug-likeness (QED) is 0.387. The fourth-order valence-corrected chi connectivity index (χ4v) is 0. The number of carbonyl (C=O) groups excluding carboxylic acids is 1. The summed E-state index contributed by atoms with van der Waals surface area (Å²) in [5, 5.41) is 0. The third-order valence-electron chi connectivity index (χ3n) is 0. The molecule has 1 nitrogen and oxygen atoms in total. The maximum Gasteiger partial charge on any atom is -0.153 e. The zero-order valence-electron chi connectivity index (χ0n) is 2.66. The monoisotopic (exact) mass is 199 g/mol. The van der Waals surface area contributed by atoms with Crippen molar-refractivity contribution in [3.05, 3.63) is 0 Å². The molecule has 35 valence electrons. The van der Waals surface area contributed by atoms with Gasteiger partial charge in [0.25, 0.3) is 0 Å². The summed E-state index contributed by atoms with van der Waals surface area (Å²) >= 11 is 1.92. The van der Waals surface area contributed by atoms with Gasteiger partial charge in [0.15, 0.2) is 0 Å². The first kappa shape index (κ1) is 16.6. The van der Waals surface area contributed by atoms with Crippen LogP contribution in [0.4, 0.5) is 0 Å². The molecular formula is CH6OP2Rh. The van der Waals surface area contributed by atoms with Gasteiger partial charge in [-0.15, -0.1) is 0 Å². The largest absolute Gasteiger partial charge is 0.153 e. The van der Waals surface area contributed by atoms with Crippen LogP contribution in [0.1, 0.15) is 0 Å². The second-order valence-corrected chi connectivity index (χ2v) is 0.403. The predicted octanol–water partition coefficient (Wildman–Crippen LogP) is -0.283. The van der Waals surface area contributed by atoms with E-state index in [1.807, 2.05) is 17.9 Å². The molecule has 0 saturated heterocycles. The Morgan fingerprint density at radius 1 is 1.40 bits per heavy atom. The summed E-state index contributed by atoms with van der Waals surface area (Å²) in [5.74, 6) is 0. The fourth-order valence-electron chi connectivity index (χ4n) is 0. The molecule has 0 aliphatic rings. The van der Waals surface area contributed by atoms with E-state index in [9.17, 15) is 0 Å². The molecule has 0 heterocycles. The standard InChI is InChI=1S/CO.2H3P.Rh/c1-2;;;/h;2*1H3;. The van der Waals surface area contributed by atoms with Crippen LogP contribution in [0.2, 0.25) is 0 Å². The maximum absolute atomic E-state index is 8.63. The van der Waals surface area contributed by atoms with Gasteiger partial charge < -0.3 is 0 Å². The van der Waals surface area contributed by atoms with Gasteiger partial charge in [0.1, 0.15) is 0 Å². The third-order valence-corrected chi connectivity index (χ3v) is 0. The molecule has 0 spiro atoms. The molecule has 0 aliphatic carbocycles. The van der Waals surface area contributed by atoms with Gasteiger partial charge in [0.05, 0.1) is 0 Å². The zero-order valence-corrected chi connectivity index (χ0v) is 7.12. The minimum Gasteiger partial charge on any atom is -0.153 e. The Morgan fingerprint density at radius 2 is 1.40 bits per heavy atom. The molecule has 0 fully saturated rings. The molecule has 2 atom stereocenters. The molecule has 0 aromatic carbocycles. The Hall–Kier alpha value is 1.06. The van der Waals surface area contributed by atoms with Crippen molar-refractivity contribution in [2.45, 2.75) is 0 Å². The zero-order chi connectivity index (χ0) is 2.71. The second kappa shape index (κ2) is 19.6. The Balaban J connectivity index is -0.0000000200. The molecular weight excluding hydrogens is 193 g/mol. The topological polar surface area (TPSA) is 17.1 Å². The molecule has 2 unspecified atom stereocenters. The third kappa shape index (κ3) is 42.0. The van der Waals surface area contributed by atoms with Gasteiger partial charge in [-0.2, -0.15) is 19.8 Å². The van der Waals surface area contributed by atoms with E-state index in [1.165, 1.54) is 4.47 Å². The van der Waals surface area contributed by atoms with Gasteiger partial charge in [0.2, 0.25) is 0 Å². The van der Waals surface area contributed by atoms with Gasteiger partial charge in [-0.05, 0) is 0 Å². The van der Waals surface area contributed by atoms with Gasteiger partial charge in [-0.25, -0.2) is 0 Å². The molecule has 0 aromatic heterocycles. The molecule has 0 amide bonds. The van der Waals surface area contributed by atoms with Crippen molar-refractivity contribution >= 4 is 24.3 Å². The van der Waals surface area contributed by atoms with Crippen molar-refractivity contribution < 1.29 is 22.6 Å². The molecule has 0 aliphatic heterocycles. The molecule has 4 heteroatoms. The molecule has 0 rings (SSSR count). The smallest absolute Gasteiger partial charge is 0.153 e. The minimum absolute atomic E-state index is 0. The van der Waals surface area contributed by atoms with Gasteiger partial charge in [-0.1, -0.05) is 0 Å². The van der Waals surface area contributed by atoms with Gasteiger partial charge in [0, 0.05) is 0 Å². The van der Waals surface area contributed by atoms with Crippen molar-refractivity contribution in [2.75, 3.05) is 0 Å². The van der Waals surface area contributed by atoms with E-state index in [1.54, 1.807) is 0 Å². The second-order valence-electron chi connectivity index (χ2n) is 0.0680. The van der Waals surface area contributed by atoms with Crippen molar-refractivity contribution in [3.8, 4) is 0 Å². The van der Waals surface area contributed by atoms with Crippen molar-refractivity contribution in [2.24, 2.45) is 0 Å². The first-order valence-corrected chi connectivity index (χ1v) is 1.19. The number of hydrogen-bond donors (Lipinski definition) is 0. The summed E-state index contributed by atoms with van der Waals surface area (Å²) in [5.41, 5.74) is 0. The van der Waals surface area contributed by atoms with Crippen molar-refractivity contribution in [3.63, 3.8) is 0 Å². The van der Waals surface area contributed by atoms with E-state index in [-0.39, 0.29) is 19.8 Å². The summed E-state index contributed by atoms with van der Waals surface area (Å²) in [6.45, 7) is 0. The summed E-state index contributed by atoms with van der Waals surface area (Å²) < 4.78 is 1.39. The van der Waals surface area contributed by atoms with Crippen LogP contribution >= 0.6 is 19.8 Å². The van der Waals surface area contributed by atoms with Crippen LogP contribution < -0.4 is 0 Å². The maximum atomic E-state index is 8.63. The first-order chi connectivity index (χ1) is 1.41. The van der Waals surface area contributed by atoms with Crippen LogP contribution in [-0.4, -0.2) is 4.47 Å². The number of rotatable bonds is 0. The molecule has 0 aromatic rings. The van der Waals surface area contributed by atoms with Crippen LogP contribution in [0.5, 0.6) is 0 Å². The number of hydrogen-bond acceptors (Lipinski definition) is 1. The summed E-state index contributed by atoms with van der Waals surface area (Å²) in [6, 6.07) is 0. The van der Waals surface area contributed by atoms with Crippen LogP contribution in [-0.2, 0) is 22.6 Å². The van der Waals surface area contributed by atoms with E-state index in [4.69, 9.17) is 4.79 Å². The Morgan fingerprint density at radius 3 is 1.40 bits per heavy atom. The van der Waals surface area contributed by atoms with Crippen LogP contribution in [0.3, 0.4) is 0 Å². The average Bonchev–Trinajstić information content (AvgIpc) is 0.918. The van der Waals surface area contributed by atoms with Gasteiger partial charge in [-0.3, -0.25) is 0 Å².